The maximum Gasteiger partial charge on any atom is 0.290 e. The molecule has 1 fully saturated rings. The van der Waals surface area contributed by atoms with Gasteiger partial charge in [-0.3, -0.25) is 19.7 Å². The van der Waals surface area contributed by atoms with Gasteiger partial charge in [-0.1, -0.05) is 35.9 Å². The second kappa shape index (κ2) is 7.77. The van der Waals surface area contributed by atoms with Crippen molar-refractivity contribution in [3.8, 4) is 0 Å². The molecule has 2 aromatic carbocycles. The Kier molecular flexibility index (Phi) is 5.17. The fraction of sp³-hybridized carbons (Fsp3) is 0.0952. The van der Waals surface area contributed by atoms with Crippen molar-refractivity contribution in [2.24, 2.45) is 0 Å². The second-order valence-corrected chi connectivity index (χ2v) is 8.04. The molecule has 1 aliphatic rings. The van der Waals surface area contributed by atoms with Gasteiger partial charge >= 0.3 is 0 Å². The lowest BCUT2D eigenvalue weighted by Crippen LogP contribution is -2.18. The molecule has 1 aliphatic heterocycles. The molecule has 1 saturated heterocycles. The van der Waals surface area contributed by atoms with Crippen LogP contribution in [0.1, 0.15) is 11.1 Å². The van der Waals surface area contributed by atoms with Crippen molar-refractivity contribution in [3.63, 3.8) is 0 Å². The van der Waals surface area contributed by atoms with E-state index in [9.17, 15) is 14.4 Å². The van der Waals surface area contributed by atoms with E-state index in [4.69, 9.17) is 11.6 Å². The van der Waals surface area contributed by atoms with E-state index in [0.717, 1.165) is 33.8 Å². The summed E-state index contributed by atoms with van der Waals surface area (Å²) in [5.74, 6) is -0.607. The summed E-state index contributed by atoms with van der Waals surface area (Å²) >= 11 is 6.89. The largest absolute Gasteiger partial charge is 0.337 e. The number of thioether (sulfide) groups is 1. The average Bonchev–Trinajstić information content (AvgIpc) is 3.18. The van der Waals surface area contributed by atoms with Crippen LogP contribution >= 0.6 is 23.4 Å². The first-order valence-electron chi connectivity index (χ1n) is 8.79. The van der Waals surface area contributed by atoms with Gasteiger partial charge in [0.25, 0.3) is 11.1 Å². The number of nitrogens with zero attached hydrogens (tertiary/aromatic N) is 1. The fourth-order valence-corrected chi connectivity index (χ4v) is 4.00. The first-order valence-corrected chi connectivity index (χ1v) is 9.99. The van der Waals surface area contributed by atoms with Gasteiger partial charge in [0.05, 0.1) is 4.91 Å². The van der Waals surface area contributed by atoms with Crippen LogP contribution in [0.3, 0.4) is 0 Å². The normalized spacial score (nSPS) is 15.2. The maximum absolute atomic E-state index is 12.6. The number of hydrogen-bond acceptors (Lipinski definition) is 4. The molecule has 2 heterocycles. The van der Waals surface area contributed by atoms with Crippen LogP contribution < -0.4 is 10.6 Å². The summed E-state index contributed by atoms with van der Waals surface area (Å²) in [6, 6.07) is 12.9. The van der Waals surface area contributed by atoms with Gasteiger partial charge in [-0.25, -0.2) is 0 Å². The van der Waals surface area contributed by atoms with Crippen LogP contribution in [0.25, 0.3) is 17.0 Å². The minimum atomic E-state index is -0.411. The number of amides is 3. The van der Waals surface area contributed by atoms with Crippen LogP contribution in [0.4, 0.5) is 10.5 Å². The molecule has 0 saturated carbocycles. The van der Waals surface area contributed by atoms with E-state index in [1.165, 1.54) is 0 Å². The van der Waals surface area contributed by atoms with Crippen LogP contribution in [0.2, 0.25) is 5.02 Å². The highest BCUT2D eigenvalue weighted by atomic mass is 35.5. The maximum atomic E-state index is 12.6. The van der Waals surface area contributed by atoms with Gasteiger partial charge < -0.3 is 9.88 Å². The topological polar surface area (TPSA) is 80.2 Å². The Labute approximate surface area is 175 Å². The predicted molar refractivity (Wildman–Crippen MR) is 116 cm³/mol. The lowest BCUT2D eigenvalue weighted by Gasteiger charge is -2.10. The molecule has 0 aliphatic carbocycles. The molecule has 3 aromatic rings. The number of aryl methyl sites for hydroxylation is 1. The van der Waals surface area contributed by atoms with Gasteiger partial charge in [0.1, 0.15) is 6.54 Å². The molecule has 8 heteroatoms. The third kappa shape index (κ3) is 4.06. The van der Waals surface area contributed by atoms with Crippen LogP contribution in [-0.2, 0) is 16.1 Å². The van der Waals surface area contributed by atoms with Crippen LogP contribution in [0.5, 0.6) is 0 Å². The number of imide groups is 1. The minimum Gasteiger partial charge on any atom is -0.337 e. The number of anilines is 1. The predicted octanol–water partition coefficient (Wildman–Crippen LogP) is 4.57. The Morgan fingerprint density at radius 1 is 1.24 bits per heavy atom. The lowest BCUT2D eigenvalue weighted by atomic mass is 10.1. The molecule has 0 bridgehead atoms. The molecule has 2 N–H and O–H groups in total. The van der Waals surface area contributed by atoms with Crippen molar-refractivity contribution in [1.82, 2.24) is 9.88 Å². The highest BCUT2D eigenvalue weighted by Gasteiger charge is 2.25. The van der Waals surface area contributed by atoms with Gasteiger partial charge in [-0.15, -0.1) is 0 Å². The highest BCUT2D eigenvalue weighted by Crippen LogP contribution is 2.30. The molecule has 6 nitrogen and oxygen atoms in total. The molecule has 4 rings (SSSR count). The number of benzene rings is 2. The van der Waals surface area contributed by atoms with Crippen molar-refractivity contribution >= 4 is 63.1 Å². The van der Waals surface area contributed by atoms with Crippen LogP contribution in [0.15, 0.2) is 53.6 Å². The lowest BCUT2D eigenvalue weighted by molar-refractivity contribution is -0.117. The first kappa shape index (κ1) is 19.3. The standard InChI is InChI=1S/C21H16ClN3O3S/c1-12-6-7-14(22)9-16(12)23-19(26)11-25-10-13(15-4-2-3-5-17(15)25)8-18-20(27)24-21(28)29-18/h2-10H,11H2,1H3,(H,23,26)(H,24,27,28). The van der Waals surface area contributed by atoms with Crippen molar-refractivity contribution < 1.29 is 14.4 Å². The summed E-state index contributed by atoms with van der Waals surface area (Å²) in [7, 11) is 0. The van der Waals surface area contributed by atoms with Crippen LogP contribution in [0, 0.1) is 6.92 Å². The Hall–Kier alpha value is -3.03. The third-order valence-corrected chi connectivity index (χ3v) is 5.58. The van der Waals surface area contributed by atoms with Crippen molar-refractivity contribution in [2.75, 3.05) is 5.32 Å². The smallest absolute Gasteiger partial charge is 0.290 e. The van der Waals surface area contributed by atoms with Crippen molar-refractivity contribution in [3.05, 3.63) is 69.7 Å². The van der Waals surface area contributed by atoms with Gasteiger partial charge in [-0.05, 0) is 48.5 Å². The zero-order valence-corrected chi connectivity index (χ0v) is 16.9. The van der Waals surface area contributed by atoms with E-state index >= 15 is 0 Å². The summed E-state index contributed by atoms with van der Waals surface area (Å²) in [5.41, 5.74) is 3.20. The highest BCUT2D eigenvalue weighted by molar-refractivity contribution is 8.18. The molecular weight excluding hydrogens is 410 g/mol. The number of rotatable bonds is 4. The number of carbonyl (C=O) groups is 3. The van der Waals surface area contributed by atoms with Gasteiger partial charge in [0, 0.05) is 33.4 Å². The number of fused-ring (bicyclic) bond motifs is 1. The minimum absolute atomic E-state index is 0.0912. The summed E-state index contributed by atoms with van der Waals surface area (Å²) in [6.07, 6.45) is 3.47. The average molecular weight is 426 g/mol. The Bertz CT molecular complexity index is 1200. The van der Waals surface area contributed by atoms with E-state index in [2.05, 4.69) is 10.6 Å². The van der Waals surface area contributed by atoms with E-state index in [-0.39, 0.29) is 17.7 Å². The SMILES string of the molecule is Cc1ccc(Cl)cc1NC(=O)Cn1cc(C=C2SC(=O)NC2=O)c2ccccc21. The van der Waals surface area contributed by atoms with Crippen molar-refractivity contribution in [2.45, 2.75) is 13.5 Å². The molecule has 0 atom stereocenters. The number of hydrogen-bond donors (Lipinski definition) is 2. The van der Waals surface area contributed by atoms with Gasteiger partial charge in [-0.2, -0.15) is 0 Å². The van der Waals surface area contributed by atoms with E-state index in [1.54, 1.807) is 24.4 Å². The number of nitrogens with one attached hydrogen (secondary N) is 2. The summed E-state index contributed by atoms with van der Waals surface area (Å²) in [6.45, 7) is 1.99. The van der Waals surface area contributed by atoms with Crippen molar-refractivity contribution in [1.29, 1.82) is 0 Å². The zero-order chi connectivity index (χ0) is 20.5. The van der Waals surface area contributed by atoms with E-state index < -0.39 is 5.91 Å². The summed E-state index contributed by atoms with van der Waals surface area (Å²) in [5, 5.41) is 6.18. The third-order valence-electron chi connectivity index (χ3n) is 4.54. The fourth-order valence-electron chi connectivity index (χ4n) is 3.16. The quantitative estimate of drug-likeness (QED) is 0.600. The number of para-hydroxylation sites is 1. The van der Waals surface area contributed by atoms with E-state index in [0.29, 0.717) is 15.6 Å². The summed E-state index contributed by atoms with van der Waals surface area (Å²) < 4.78 is 1.82. The Balaban J connectivity index is 1.64. The number of halogens is 1. The van der Waals surface area contributed by atoms with Gasteiger partial charge in [0.2, 0.25) is 5.91 Å². The molecule has 3 amide bonds. The second-order valence-electron chi connectivity index (χ2n) is 6.59. The number of aromatic nitrogens is 1. The zero-order valence-electron chi connectivity index (χ0n) is 15.4. The summed E-state index contributed by atoms with van der Waals surface area (Å²) in [4.78, 5) is 36.3. The van der Waals surface area contributed by atoms with Crippen LogP contribution in [-0.4, -0.2) is 21.6 Å². The molecule has 29 heavy (non-hydrogen) atoms. The van der Waals surface area contributed by atoms with E-state index in [1.807, 2.05) is 41.8 Å². The number of carbonyl (C=O) groups excluding carboxylic acids is 3. The molecule has 0 radical (unpaired) electrons. The Morgan fingerprint density at radius 2 is 2.03 bits per heavy atom. The monoisotopic (exact) mass is 425 g/mol. The first-order chi connectivity index (χ1) is 13.9. The molecule has 0 unspecified atom stereocenters. The molecule has 146 valence electrons. The van der Waals surface area contributed by atoms with Gasteiger partial charge in [0.15, 0.2) is 0 Å². The Morgan fingerprint density at radius 3 is 2.79 bits per heavy atom. The molecular formula is C21H16ClN3O3S. The molecule has 0 spiro atoms. The molecule has 1 aromatic heterocycles.